The number of rotatable bonds is 9. The lowest BCUT2D eigenvalue weighted by atomic mass is 10.1. The molecule has 0 aromatic carbocycles. The van der Waals surface area contributed by atoms with Crippen LogP contribution in [0.4, 0.5) is 0 Å². The third-order valence-electron chi connectivity index (χ3n) is 2.12. The van der Waals surface area contributed by atoms with E-state index in [4.69, 9.17) is 10.6 Å². The average Bonchev–Trinajstić information content (AvgIpc) is 2.15. The Bertz CT molecular complexity index is 242. The molecule has 6 heteroatoms. The van der Waals surface area contributed by atoms with Gasteiger partial charge in [0.15, 0.2) is 0 Å². The van der Waals surface area contributed by atoms with Crippen molar-refractivity contribution in [3.63, 3.8) is 0 Å². The molecule has 92 valence electrons. The lowest BCUT2D eigenvalue weighted by molar-refractivity contribution is 0.140. The van der Waals surface area contributed by atoms with Gasteiger partial charge < -0.3 is 4.74 Å². The summed E-state index contributed by atoms with van der Waals surface area (Å²) in [6.07, 6.45) is 3.53. The van der Waals surface area contributed by atoms with E-state index in [1.807, 2.05) is 6.92 Å². The largest absolute Gasteiger partial charge is 0.382 e. The van der Waals surface area contributed by atoms with Crippen molar-refractivity contribution in [2.75, 3.05) is 25.2 Å². The molecular formula is C9H22N2O3S. The van der Waals surface area contributed by atoms with Gasteiger partial charge >= 0.3 is 0 Å². The summed E-state index contributed by atoms with van der Waals surface area (Å²) in [6, 6.07) is 0.0557. The Balaban J connectivity index is 3.64. The quantitative estimate of drug-likeness (QED) is 0.337. The highest BCUT2D eigenvalue weighted by molar-refractivity contribution is 7.90. The first-order valence-corrected chi connectivity index (χ1v) is 7.27. The fraction of sp³-hybridized carbons (Fsp3) is 1.00. The molecule has 0 aliphatic rings. The van der Waals surface area contributed by atoms with Gasteiger partial charge in [0.2, 0.25) is 0 Å². The fourth-order valence-corrected chi connectivity index (χ4v) is 1.96. The van der Waals surface area contributed by atoms with E-state index in [-0.39, 0.29) is 11.8 Å². The van der Waals surface area contributed by atoms with Gasteiger partial charge in [0, 0.05) is 25.5 Å². The van der Waals surface area contributed by atoms with E-state index in [9.17, 15) is 8.42 Å². The maximum Gasteiger partial charge on any atom is 0.147 e. The normalized spacial score (nSPS) is 14.1. The number of ether oxygens (including phenoxy) is 1. The summed E-state index contributed by atoms with van der Waals surface area (Å²) in [5.74, 6) is 5.51. The molecule has 0 saturated heterocycles. The van der Waals surface area contributed by atoms with Crippen molar-refractivity contribution in [2.24, 2.45) is 5.84 Å². The molecule has 0 bridgehead atoms. The molecule has 0 rings (SSSR count). The minimum atomic E-state index is -2.89. The summed E-state index contributed by atoms with van der Waals surface area (Å²) < 4.78 is 27.1. The number of hydrogen-bond acceptors (Lipinski definition) is 5. The van der Waals surface area contributed by atoms with Gasteiger partial charge in [0.25, 0.3) is 0 Å². The van der Waals surface area contributed by atoms with E-state index >= 15 is 0 Å². The molecule has 0 aliphatic heterocycles. The van der Waals surface area contributed by atoms with Gasteiger partial charge in [-0.1, -0.05) is 0 Å². The van der Waals surface area contributed by atoms with E-state index in [1.165, 1.54) is 6.26 Å². The monoisotopic (exact) mass is 238 g/mol. The zero-order valence-electron chi connectivity index (χ0n) is 9.53. The first kappa shape index (κ1) is 14.8. The first-order chi connectivity index (χ1) is 6.99. The van der Waals surface area contributed by atoms with Gasteiger partial charge in [0.05, 0.1) is 5.75 Å². The van der Waals surface area contributed by atoms with Crippen LogP contribution in [-0.4, -0.2) is 39.7 Å². The van der Waals surface area contributed by atoms with E-state index in [1.54, 1.807) is 0 Å². The van der Waals surface area contributed by atoms with Gasteiger partial charge in [-0.2, -0.15) is 0 Å². The second-order valence-electron chi connectivity index (χ2n) is 3.62. The summed E-state index contributed by atoms with van der Waals surface area (Å²) >= 11 is 0. The summed E-state index contributed by atoms with van der Waals surface area (Å²) in [4.78, 5) is 0. The maximum absolute atomic E-state index is 10.9. The summed E-state index contributed by atoms with van der Waals surface area (Å²) in [5.41, 5.74) is 2.63. The van der Waals surface area contributed by atoms with Crippen molar-refractivity contribution in [2.45, 2.75) is 32.2 Å². The molecule has 3 N–H and O–H groups in total. The van der Waals surface area contributed by atoms with Crippen LogP contribution in [0.15, 0.2) is 0 Å². The molecule has 15 heavy (non-hydrogen) atoms. The van der Waals surface area contributed by atoms with Crippen molar-refractivity contribution in [1.29, 1.82) is 0 Å². The smallest absolute Gasteiger partial charge is 0.147 e. The molecule has 1 atom stereocenters. The number of nitrogens with two attached hydrogens (primary N) is 1. The number of sulfone groups is 1. The van der Waals surface area contributed by atoms with E-state index < -0.39 is 9.84 Å². The standard InChI is InChI=1S/C9H22N2O3S/c1-3-14-7-4-5-9(11-10)6-8-15(2,12)13/h9,11H,3-8,10H2,1-2H3. The predicted molar refractivity (Wildman–Crippen MR) is 61.2 cm³/mol. The number of nitrogens with one attached hydrogen (secondary N) is 1. The van der Waals surface area contributed by atoms with Gasteiger partial charge in [-0.15, -0.1) is 0 Å². The van der Waals surface area contributed by atoms with Crippen LogP contribution in [0.5, 0.6) is 0 Å². The SMILES string of the molecule is CCOCCCC(CCS(C)(=O)=O)NN. The Labute approximate surface area is 92.3 Å². The van der Waals surface area contributed by atoms with Crippen LogP contribution in [0, 0.1) is 0 Å². The van der Waals surface area contributed by atoms with E-state index in [0.717, 1.165) is 12.8 Å². The zero-order chi connectivity index (χ0) is 11.7. The Morgan fingerprint density at radius 1 is 1.40 bits per heavy atom. The molecule has 1 unspecified atom stereocenters. The fourth-order valence-electron chi connectivity index (χ4n) is 1.24. The third kappa shape index (κ3) is 10.1. The molecule has 0 radical (unpaired) electrons. The topological polar surface area (TPSA) is 81.4 Å². The van der Waals surface area contributed by atoms with Gasteiger partial charge in [-0.25, -0.2) is 8.42 Å². The summed E-state index contributed by atoms with van der Waals surface area (Å²) in [5, 5.41) is 0. The second kappa shape index (κ2) is 8.04. The van der Waals surface area contributed by atoms with Crippen LogP contribution in [0.1, 0.15) is 26.2 Å². The van der Waals surface area contributed by atoms with E-state index in [0.29, 0.717) is 19.6 Å². The average molecular weight is 238 g/mol. The predicted octanol–water partition coefficient (Wildman–Crippen LogP) is 0.0697. The zero-order valence-corrected chi connectivity index (χ0v) is 10.3. The molecule has 0 spiro atoms. The van der Waals surface area contributed by atoms with Crippen molar-refractivity contribution in [1.82, 2.24) is 5.43 Å². The molecule has 0 amide bonds. The lowest BCUT2D eigenvalue weighted by Crippen LogP contribution is -2.36. The molecule has 0 fully saturated rings. The molecule has 5 nitrogen and oxygen atoms in total. The Hall–Kier alpha value is -0.170. The maximum atomic E-state index is 10.9. The molecular weight excluding hydrogens is 216 g/mol. The third-order valence-corrected chi connectivity index (χ3v) is 3.10. The van der Waals surface area contributed by atoms with Crippen LogP contribution in [-0.2, 0) is 14.6 Å². The van der Waals surface area contributed by atoms with Crippen molar-refractivity contribution < 1.29 is 13.2 Å². The van der Waals surface area contributed by atoms with E-state index in [2.05, 4.69) is 5.43 Å². The summed E-state index contributed by atoms with van der Waals surface area (Å²) in [7, 11) is -2.89. The van der Waals surface area contributed by atoms with Crippen LogP contribution in [0.25, 0.3) is 0 Å². The molecule has 0 aliphatic carbocycles. The molecule has 0 aromatic rings. The van der Waals surface area contributed by atoms with Crippen LogP contribution < -0.4 is 11.3 Å². The van der Waals surface area contributed by atoms with Crippen molar-refractivity contribution >= 4 is 9.84 Å². The van der Waals surface area contributed by atoms with Crippen LogP contribution in [0.3, 0.4) is 0 Å². The minimum Gasteiger partial charge on any atom is -0.382 e. The molecule has 0 aromatic heterocycles. The van der Waals surface area contributed by atoms with Crippen molar-refractivity contribution in [3.8, 4) is 0 Å². The van der Waals surface area contributed by atoms with Gasteiger partial charge in [-0.3, -0.25) is 11.3 Å². The van der Waals surface area contributed by atoms with Crippen LogP contribution >= 0.6 is 0 Å². The second-order valence-corrected chi connectivity index (χ2v) is 5.88. The highest BCUT2D eigenvalue weighted by Crippen LogP contribution is 2.03. The summed E-state index contributed by atoms with van der Waals surface area (Å²) in [6.45, 7) is 3.36. The van der Waals surface area contributed by atoms with Gasteiger partial charge in [-0.05, 0) is 26.2 Å². The number of hydrogen-bond donors (Lipinski definition) is 2. The van der Waals surface area contributed by atoms with Gasteiger partial charge in [0.1, 0.15) is 9.84 Å². The Kier molecular flexibility index (Phi) is 7.95. The Morgan fingerprint density at radius 3 is 2.53 bits per heavy atom. The number of hydrazine groups is 1. The molecule has 0 saturated carbocycles. The first-order valence-electron chi connectivity index (χ1n) is 5.21. The highest BCUT2D eigenvalue weighted by atomic mass is 32.2. The highest BCUT2D eigenvalue weighted by Gasteiger charge is 2.10. The van der Waals surface area contributed by atoms with Crippen molar-refractivity contribution in [3.05, 3.63) is 0 Å². The lowest BCUT2D eigenvalue weighted by Gasteiger charge is -2.14. The Morgan fingerprint density at radius 2 is 2.07 bits per heavy atom. The molecule has 0 heterocycles. The van der Waals surface area contributed by atoms with Crippen LogP contribution in [0.2, 0.25) is 0 Å². The minimum absolute atomic E-state index is 0.0557.